The normalized spacial score (nSPS) is 11.3. The van der Waals surface area contributed by atoms with Crippen LogP contribution in [0.3, 0.4) is 0 Å². The zero-order valence-electron chi connectivity index (χ0n) is 21.2. The molecule has 0 aliphatic rings. The summed E-state index contributed by atoms with van der Waals surface area (Å²) in [6.45, 7) is 4.97. The first-order valence-electron chi connectivity index (χ1n) is 11.3. The number of nitrogen functional groups attached to an aromatic ring is 1. The minimum atomic E-state index is -4.59. The van der Waals surface area contributed by atoms with Crippen molar-refractivity contribution in [3.05, 3.63) is 65.0 Å². The largest absolute Gasteiger partial charge is 0.496 e. The van der Waals surface area contributed by atoms with Crippen LogP contribution in [0.4, 0.5) is 23.4 Å². The summed E-state index contributed by atoms with van der Waals surface area (Å²) in [5.41, 5.74) is 11.2. The smallest absolute Gasteiger partial charge is 0.410 e. The van der Waals surface area contributed by atoms with Gasteiger partial charge in [-0.05, 0) is 37.7 Å². The van der Waals surface area contributed by atoms with Crippen LogP contribution in [0.5, 0.6) is 5.75 Å². The number of anilines is 1. The summed E-state index contributed by atoms with van der Waals surface area (Å²) in [4.78, 5) is 23.9. The third kappa shape index (κ3) is 7.53. The number of alkyl halides is 3. The van der Waals surface area contributed by atoms with Crippen LogP contribution in [0.2, 0.25) is 0 Å². The fourth-order valence-electron chi connectivity index (χ4n) is 3.14. The highest BCUT2D eigenvalue weighted by Crippen LogP contribution is 2.35. The van der Waals surface area contributed by atoms with E-state index in [1.165, 1.54) is 26.3 Å². The molecule has 12 heteroatoms. The third-order valence-electron chi connectivity index (χ3n) is 5.03. The number of ether oxygens (including phenoxy) is 1. The van der Waals surface area contributed by atoms with E-state index in [1.807, 2.05) is 13.8 Å². The lowest BCUT2D eigenvalue weighted by atomic mass is 10.1. The van der Waals surface area contributed by atoms with Crippen LogP contribution in [-0.2, 0) is 6.54 Å². The summed E-state index contributed by atoms with van der Waals surface area (Å²) < 4.78 is 58.4. The number of carbonyl (C=O) groups is 2. The summed E-state index contributed by atoms with van der Waals surface area (Å²) in [5.74, 6) is -1.31. The second-order valence-electron chi connectivity index (χ2n) is 7.15. The van der Waals surface area contributed by atoms with Gasteiger partial charge in [-0.3, -0.25) is 9.59 Å². The van der Waals surface area contributed by atoms with Crippen molar-refractivity contribution >= 4 is 18.0 Å². The van der Waals surface area contributed by atoms with Gasteiger partial charge < -0.3 is 21.5 Å². The molecule has 1 heterocycles. The molecule has 5 N–H and O–H groups in total. The molecule has 0 aliphatic heterocycles. The maximum absolute atomic E-state index is 13.5. The van der Waals surface area contributed by atoms with Crippen molar-refractivity contribution in [2.75, 3.05) is 19.9 Å². The molecule has 0 radical (unpaired) electrons. The van der Waals surface area contributed by atoms with Crippen LogP contribution in [-0.4, -0.2) is 42.3 Å². The van der Waals surface area contributed by atoms with E-state index in [0.717, 1.165) is 13.0 Å². The van der Waals surface area contributed by atoms with E-state index in [4.69, 9.17) is 10.5 Å². The second-order valence-corrected chi connectivity index (χ2v) is 7.15. The van der Waals surface area contributed by atoms with Crippen molar-refractivity contribution < 1.29 is 31.9 Å². The average molecular weight is 526 g/mol. The monoisotopic (exact) mass is 525 g/mol. The van der Waals surface area contributed by atoms with Crippen LogP contribution in [0.1, 0.15) is 53.1 Å². The number of hydrogen-bond donors (Lipinski definition) is 3. The summed E-state index contributed by atoms with van der Waals surface area (Å²) >= 11 is 0. The molecule has 1 unspecified atom stereocenters. The Hall–Kier alpha value is -3.93. The molecular weight excluding hydrogens is 494 g/mol. The maximum atomic E-state index is 13.5. The molecule has 1 aromatic heterocycles. The van der Waals surface area contributed by atoms with Gasteiger partial charge in [-0.2, -0.15) is 18.3 Å². The van der Waals surface area contributed by atoms with Gasteiger partial charge in [0.1, 0.15) is 29.1 Å². The van der Waals surface area contributed by atoms with Crippen LogP contribution in [0.15, 0.2) is 42.5 Å². The molecule has 2 aromatic carbocycles. The number of carbonyl (C=O) groups excluding carboxylic acids is 2. The molecule has 0 fully saturated rings. The van der Waals surface area contributed by atoms with Gasteiger partial charge in [-0.1, -0.05) is 38.1 Å². The SMILES string of the molecule is CC.CN.COc1ccc(F)cc1C(=O)NCc1ccc(-c2nn(C(C)C(F)(F)F)c(N)c2C=O)cc1. The van der Waals surface area contributed by atoms with E-state index in [9.17, 15) is 27.2 Å². The predicted molar refractivity (Wildman–Crippen MR) is 134 cm³/mol. The molecule has 3 aromatic rings. The molecule has 3 rings (SSSR count). The van der Waals surface area contributed by atoms with E-state index in [2.05, 4.69) is 16.1 Å². The molecule has 37 heavy (non-hydrogen) atoms. The van der Waals surface area contributed by atoms with E-state index < -0.39 is 23.9 Å². The van der Waals surface area contributed by atoms with Crippen LogP contribution in [0, 0.1) is 5.82 Å². The number of aromatic nitrogens is 2. The number of halogens is 4. The van der Waals surface area contributed by atoms with Crippen LogP contribution >= 0.6 is 0 Å². The number of methoxy groups -OCH3 is 1. The highest BCUT2D eigenvalue weighted by molar-refractivity contribution is 5.97. The zero-order valence-corrected chi connectivity index (χ0v) is 21.2. The van der Waals surface area contributed by atoms with Gasteiger partial charge in [-0.15, -0.1) is 0 Å². The number of hydrogen-bond acceptors (Lipinski definition) is 6. The topological polar surface area (TPSA) is 125 Å². The van der Waals surface area contributed by atoms with Gasteiger partial charge in [0.15, 0.2) is 6.29 Å². The van der Waals surface area contributed by atoms with E-state index in [1.54, 1.807) is 24.3 Å². The number of aldehydes is 1. The first-order chi connectivity index (χ1) is 17.6. The van der Waals surface area contributed by atoms with Gasteiger partial charge in [-0.25, -0.2) is 9.07 Å². The number of amides is 1. The molecule has 0 saturated heterocycles. The molecule has 1 atom stereocenters. The zero-order chi connectivity index (χ0) is 28.3. The Morgan fingerprint density at radius 3 is 2.27 bits per heavy atom. The Balaban J connectivity index is 0.00000163. The number of nitrogens with zero attached hydrogens (tertiary/aromatic N) is 2. The molecule has 8 nitrogen and oxygen atoms in total. The minimum Gasteiger partial charge on any atom is -0.496 e. The Bertz CT molecular complexity index is 1180. The first kappa shape index (κ1) is 31.1. The van der Waals surface area contributed by atoms with Gasteiger partial charge in [0.25, 0.3) is 5.91 Å². The third-order valence-corrected chi connectivity index (χ3v) is 5.03. The Kier molecular flexibility index (Phi) is 11.7. The summed E-state index contributed by atoms with van der Waals surface area (Å²) in [7, 11) is 2.86. The van der Waals surface area contributed by atoms with Crippen LogP contribution < -0.4 is 21.5 Å². The lowest BCUT2D eigenvalue weighted by Crippen LogP contribution is -2.25. The Morgan fingerprint density at radius 1 is 1.16 bits per heavy atom. The molecule has 202 valence electrons. The van der Waals surface area contributed by atoms with Gasteiger partial charge in [0.05, 0.1) is 18.2 Å². The number of nitrogens with one attached hydrogen (secondary N) is 1. The average Bonchev–Trinajstić information content (AvgIpc) is 3.24. The van der Waals surface area contributed by atoms with E-state index in [-0.39, 0.29) is 34.9 Å². The highest BCUT2D eigenvalue weighted by atomic mass is 19.4. The van der Waals surface area contributed by atoms with E-state index in [0.29, 0.717) is 22.1 Å². The lowest BCUT2D eigenvalue weighted by Gasteiger charge is -2.17. The maximum Gasteiger partial charge on any atom is 0.410 e. The number of benzene rings is 2. The molecular formula is C25H31F4N5O3. The summed E-state index contributed by atoms with van der Waals surface area (Å²) in [6, 6.07) is 7.85. The van der Waals surface area contributed by atoms with Crippen molar-refractivity contribution in [3.63, 3.8) is 0 Å². The van der Waals surface area contributed by atoms with Crippen molar-refractivity contribution in [2.24, 2.45) is 5.73 Å². The Morgan fingerprint density at radius 2 is 1.76 bits per heavy atom. The molecule has 0 spiro atoms. The van der Waals surface area contributed by atoms with Crippen molar-refractivity contribution in [3.8, 4) is 17.0 Å². The predicted octanol–water partition coefficient (Wildman–Crippen LogP) is 4.75. The molecule has 0 saturated carbocycles. The lowest BCUT2D eigenvalue weighted by molar-refractivity contribution is -0.164. The van der Waals surface area contributed by atoms with E-state index >= 15 is 0 Å². The summed E-state index contributed by atoms with van der Waals surface area (Å²) in [6.07, 6.45) is -4.23. The van der Waals surface area contributed by atoms with Gasteiger partial charge in [0.2, 0.25) is 0 Å². The molecule has 0 aliphatic carbocycles. The highest BCUT2D eigenvalue weighted by Gasteiger charge is 2.40. The standard InChI is InChI=1S/C22H20F4N4O3.C2H6.CH5N/c1-12(22(24,25)26)30-20(27)17(11-31)19(29-30)14-5-3-13(4-6-14)10-28-21(32)16-9-15(23)7-8-18(16)33-2;2*1-2/h3-9,11-12H,10,27H2,1-2H3,(H,28,32);1-2H3;2H2,1H3. The minimum absolute atomic E-state index is 0.0127. The quantitative estimate of drug-likeness (QED) is 0.302. The van der Waals surface area contributed by atoms with Crippen molar-refractivity contribution in [2.45, 2.75) is 39.5 Å². The number of nitrogens with two attached hydrogens (primary N) is 2. The van der Waals surface area contributed by atoms with Crippen molar-refractivity contribution in [1.82, 2.24) is 15.1 Å². The fourth-order valence-corrected chi connectivity index (χ4v) is 3.14. The Labute approximate surface area is 212 Å². The van der Waals surface area contributed by atoms with Gasteiger partial charge >= 0.3 is 6.18 Å². The number of rotatable bonds is 7. The van der Waals surface area contributed by atoms with Crippen LogP contribution in [0.25, 0.3) is 11.3 Å². The molecule has 1 amide bonds. The van der Waals surface area contributed by atoms with Gasteiger partial charge in [0, 0.05) is 12.1 Å². The first-order valence-corrected chi connectivity index (χ1v) is 11.3. The molecule has 0 bridgehead atoms. The summed E-state index contributed by atoms with van der Waals surface area (Å²) in [5, 5.41) is 6.55. The second kappa shape index (κ2) is 14.0. The van der Waals surface area contributed by atoms with Crippen molar-refractivity contribution in [1.29, 1.82) is 0 Å². The fraction of sp³-hybridized carbons (Fsp3) is 0.320.